The van der Waals surface area contributed by atoms with Crippen LogP contribution in [0.15, 0.2) is 4.52 Å². The van der Waals surface area contributed by atoms with Crippen molar-refractivity contribution in [2.45, 2.75) is 71.3 Å². The lowest BCUT2D eigenvalue weighted by atomic mass is 9.96. The zero-order chi connectivity index (χ0) is 17.6. The summed E-state index contributed by atoms with van der Waals surface area (Å²) in [6.07, 6.45) is 7.36. The molecule has 1 saturated carbocycles. The first kappa shape index (κ1) is 19.3. The molecule has 0 atom stereocenters. The fourth-order valence-electron chi connectivity index (χ4n) is 3.02. The fraction of sp³-hybridized carbons (Fsp3) is 0.875. The molecule has 24 heavy (non-hydrogen) atoms. The lowest BCUT2D eigenvalue weighted by Crippen LogP contribution is -2.45. The van der Waals surface area contributed by atoms with Gasteiger partial charge in [0.05, 0.1) is 0 Å². The van der Waals surface area contributed by atoms with Crippen molar-refractivity contribution in [3.63, 3.8) is 0 Å². The average molecular weight is 359 g/mol. The molecule has 2 rings (SSSR count). The first-order valence-electron chi connectivity index (χ1n) is 8.92. The Bertz CT molecular complexity index is 594. The third-order valence-electron chi connectivity index (χ3n) is 4.42. The number of rotatable bonds is 9. The zero-order valence-electron chi connectivity index (χ0n) is 15.0. The molecular formula is C16H30N4O3S. The van der Waals surface area contributed by atoms with E-state index in [0.717, 1.165) is 37.9 Å². The van der Waals surface area contributed by atoms with Crippen LogP contribution in [0.3, 0.4) is 0 Å². The molecule has 8 heteroatoms. The average Bonchev–Trinajstić information content (AvgIpc) is 2.98. The highest BCUT2D eigenvalue weighted by Crippen LogP contribution is 2.22. The smallest absolute Gasteiger partial charge is 0.279 e. The Balaban J connectivity index is 1.73. The van der Waals surface area contributed by atoms with Gasteiger partial charge in [0.25, 0.3) is 10.2 Å². The van der Waals surface area contributed by atoms with Gasteiger partial charge in [-0.05, 0) is 25.2 Å². The molecule has 0 saturated heterocycles. The molecular weight excluding hydrogens is 328 g/mol. The summed E-state index contributed by atoms with van der Waals surface area (Å²) in [7, 11) is -1.73. The van der Waals surface area contributed by atoms with Crippen LogP contribution in [0.1, 0.15) is 64.1 Å². The SMILES string of the molecule is CC(C)Cc1noc(CCCNS(=O)(=O)N(C)C2CCCCC2)n1. The van der Waals surface area contributed by atoms with Gasteiger partial charge < -0.3 is 4.52 Å². The highest BCUT2D eigenvalue weighted by atomic mass is 32.2. The molecule has 0 aromatic carbocycles. The van der Waals surface area contributed by atoms with Gasteiger partial charge in [0.15, 0.2) is 5.82 Å². The fourth-order valence-corrected chi connectivity index (χ4v) is 4.23. The molecule has 1 N–H and O–H groups in total. The van der Waals surface area contributed by atoms with Crippen LogP contribution >= 0.6 is 0 Å². The topological polar surface area (TPSA) is 88.3 Å². The third kappa shape index (κ3) is 5.82. The van der Waals surface area contributed by atoms with Crippen molar-refractivity contribution in [1.29, 1.82) is 0 Å². The van der Waals surface area contributed by atoms with Crippen LogP contribution in [-0.4, -0.2) is 42.5 Å². The summed E-state index contributed by atoms with van der Waals surface area (Å²) in [5.41, 5.74) is 0. The maximum atomic E-state index is 12.3. The summed E-state index contributed by atoms with van der Waals surface area (Å²) >= 11 is 0. The molecule has 7 nitrogen and oxygen atoms in total. The molecule has 0 aliphatic heterocycles. The highest BCUT2D eigenvalue weighted by molar-refractivity contribution is 7.87. The van der Waals surface area contributed by atoms with Crippen molar-refractivity contribution in [3.05, 3.63) is 11.7 Å². The summed E-state index contributed by atoms with van der Waals surface area (Å²) in [5.74, 6) is 1.78. The third-order valence-corrected chi connectivity index (χ3v) is 6.05. The van der Waals surface area contributed by atoms with E-state index in [1.807, 2.05) is 0 Å². The minimum absolute atomic E-state index is 0.130. The van der Waals surface area contributed by atoms with Crippen LogP contribution in [-0.2, 0) is 23.1 Å². The Kier molecular flexibility index (Phi) is 7.18. The van der Waals surface area contributed by atoms with Crippen LogP contribution < -0.4 is 4.72 Å². The number of aromatic nitrogens is 2. The lowest BCUT2D eigenvalue weighted by Gasteiger charge is -2.30. The molecule has 1 aliphatic carbocycles. The van der Waals surface area contributed by atoms with E-state index in [4.69, 9.17) is 4.52 Å². The predicted octanol–water partition coefficient (Wildman–Crippen LogP) is 2.30. The molecule has 0 bridgehead atoms. The number of hydrogen-bond donors (Lipinski definition) is 1. The standard InChI is InChI=1S/C16H30N4O3S/c1-13(2)12-15-18-16(23-19-15)10-7-11-17-24(21,22)20(3)14-8-5-4-6-9-14/h13-14,17H,4-12H2,1-3H3. The first-order valence-corrected chi connectivity index (χ1v) is 10.4. The number of nitrogens with one attached hydrogen (secondary N) is 1. The molecule has 1 fully saturated rings. The monoisotopic (exact) mass is 358 g/mol. The van der Waals surface area contributed by atoms with Crippen LogP contribution in [0.2, 0.25) is 0 Å². The van der Waals surface area contributed by atoms with E-state index < -0.39 is 10.2 Å². The molecule has 0 unspecified atom stereocenters. The van der Waals surface area contributed by atoms with E-state index in [0.29, 0.717) is 31.2 Å². The van der Waals surface area contributed by atoms with Crippen molar-refractivity contribution >= 4 is 10.2 Å². The highest BCUT2D eigenvalue weighted by Gasteiger charge is 2.26. The quantitative estimate of drug-likeness (QED) is 0.684. The number of aryl methyl sites for hydroxylation is 1. The van der Waals surface area contributed by atoms with Gasteiger partial charge >= 0.3 is 0 Å². The maximum Gasteiger partial charge on any atom is 0.279 e. The lowest BCUT2D eigenvalue weighted by molar-refractivity contribution is 0.283. The Morgan fingerprint density at radius 3 is 2.67 bits per heavy atom. The van der Waals surface area contributed by atoms with Gasteiger partial charge in [-0.15, -0.1) is 0 Å². The van der Waals surface area contributed by atoms with E-state index in [1.165, 1.54) is 10.7 Å². The van der Waals surface area contributed by atoms with Gasteiger partial charge in [-0.1, -0.05) is 38.3 Å². The minimum Gasteiger partial charge on any atom is -0.339 e. The van der Waals surface area contributed by atoms with Crippen LogP contribution in [0.5, 0.6) is 0 Å². The predicted molar refractivity (Wildman–Crippen MR) is 92.7 cm³/mol. The van der Waals surface area contributed by atoms with Crippen LogP contribution in [0.25, 0.3) is 0 Å². The largest absolute Gasteiger partial charge is 0.339 e. The maximum absolute atomic E-state index is 12.3. The Morgan fingerprint density at radius 1 is 1.29 bits per heavy atom. The second-order valence-electron chi connectivity index (χ2n) is 7.01. The van der Waals surface area contributed by atoms with Gasteiger partial charge in [0.2, 0.25) is 5.89 Å². The van der Waals surface area contributed by atoms with Gasteiger partial charge in [-0.3, -0.25) is 0 Å². The molecule has 138 valence electrons. The Labute approximate surface area is 145 Å². The van der Waals surface area contributed by atoms with E-state index in [1.54, 1.807) is 7.05 Å². The summed E-state index contributed by atoms with van der Waals surface area (Å²) in [6.45, 7) is 4.59. The van der Waals surface area contributed by atoms with Gasteiger partial charge in [0, 0.05) is 32.5 Å². The number of hydrogen-bond acceptors (Lipinski definition) is 5. The molecule has 1 heterocycles. The molecule has 0 amide bonds. The second-order valence-corrected chi connectivity index (χ2v) is 8.83. The molecule has 1 aromatic rings. The minimum atomic E-state index is -3.41. The van der Waals surface area contributed by atoms with E-state index in [-0.39, 0.29) is 6.04 Å². The zero-order valence-corrected chi connectivity index (χ0v) is 15.8. The normalized spacial score (nSPS) is 17.0. The van der Waals surface area contributed by atoms with Crippen LogP contribution in [0, 0.1) is 5.92 Å². The van der Waals surface area contributed by atoms with E-state index in [2.05, 4.69) is 28.7 Å². The molecule has 1 aliphatic rings. The van der Waals surface area contributed by atoms with E-state index >= 15 is 0 Å². The first-order chi connectivity index (χ1) is 11.4. The Morgan fingerprint density at radius 2 is 2.00 bits per heavy atom. The van der Waals surface area contributed by atoms with Gasteiger partial charge in [-0.25, -0.2) is 4.72 Å². The second kappa shape index (κ2) is 8.92. The van der Waals surface area contributed by atoms with Crippen molar-refractivity contribution < 1.29 is 12.9 Å². The molecule has 0 spiro atoms. The van der Waals surface area contributed by atoms with Crippen molar-refractivity contribution in [2.24, 2.45) is 5.92 Å². The molecule has 1 aromatic heterocycles. The van der Waals surface area contributed by atoms with Gasteiger partial charge in [-0.2, -0.15) is 17.7 Å². The Hall–Kier alpha value is -0.990. The van der Waals surface area contributed by atoms with Crippen molar-refractivity contribution in [3.8, 4) is 0 Å². The van der Waals surface area contributed by atoms with Crippen molar-refractivity contribution in [1.82, 2.24) is 19.2 Å². The summed E-state index contributed by atoms with van der Waals surface area (Å²) in [5, 5.41) is 3.94. The van der Waals surface area contributed by atoms with Gasteiger partial charge in [0.1, 0.15) is 0 Å². The van der Waals surface area contributed by atoms with E-state index in [9.17, 15) is 8.42 Å². The van der Waals surface area contributed by atoms with Crippen LogP contribution in [0.4, 0.5) is 0 Å². The summed E-state index contributed by atoms with van der Waals surface area (Å²) < 4.78 is 34.0. The number of nitrogens with zero attached hydrogens (tertiary/aromatic N) is 3. The molecule has 0 radical (unpaired) electrons. The summed E-state index contributed by atoms with van der Waals surface area (Å²) in [4.78, 5) is 4.33. The summed E-state index contributed by atoms with van der Waals surface area (Å²) in [6, 6.07) is 0.130. The van der Waals surface area contributed by atoms with Crippen molar-refractivity contribution in [2.75, 3.05) is 13.6 Å².